The van der Waals surface area contributed by atoms with Crippen LogP contribution in [0.25, 0.3) is 10.9 Å². The number of hydroxylamine groups is 2. The predicted octanol–water partition coefficient (Wildman–Crippen LogP) is 4.64. The van der Waals surface area contributed by atoms with Crippen LogP contribution in [0.1, 0.15) is 5.56 Å². The van der Waals surface area contributed by atoms with Gasteiger partial charge in [-0.2, -0.15) is 10.3 Å². The molecule has 0 bridgehead atoms. The molecule has 10 heteroatoms. The molecule has 0 saturated carbocycles. The highest BCUT2D eigenvalue weighted by atomic mass is 35.5. The molecule has 1 aromatic heterocycles. The standard InChI is InChI=1S/C23H21ClFN5O3/c1-30(33-3)8-4-5-22(31)29-20-10-16-19(11-21(20)32-2)27-13-14(12-26)23(16)28-15-6-7-18(25)17(24)9-15/h4-7,9-11,13H,8H2,1-3H3,(H,27,28)(H,29,31)/b5-4+. The van der Waals surface area contributed by atoms with Gasteiger partial charge in [0, 0.05) is 43.0 Å². The van der Waals surface area contributed by atoms with Crippen molar-refractivity contribution in [3.05, 3.63) is 65.1 Å². The number of nitrogens with zero attached hydrogens (tertiary/aromatic N) is 3. The number of aromatic nitrogens is 1. The number of benzene rings is 2. The molecule has 2 aromatic carbocycles. The van der Waals surface area contributed by atoms with Gasteiger partial charge < -0.3 is 20.2 Å². The fraction of sp³-hybridized carbons (Fsp3) is 0.174. The smallest absolute Gasteiger partial charge is 0.248 e. The van der Waals surface area contributed by atoms with Crippen LogP contribution in [0.4, 0.5) is 21.5 Å². The third-order valence-electron chi connectivity index (χ3n) is 4.70. The average Bonchev–Trinajstić information content (AvgIpc) is 2.81. The predicted molar refractivity (Wildman–Crippen MR) is 125 cm³/mol. The summed E-state index contributed by atoms with van der Waals surface area (Å²) in [4.78, 5) is 21.7. The number of rotatable bonds is 8. The molecule has 0 aliphatic carbocycles. The van der Waals surface area contributed by atoms with E-state index in [0.717, 1.165) is 0 Å². The first-order chi connectivity index (χ1) is 15.9. The van der Waals surface area contributed by atoms with E-state index in [2.05, 4.69) is 21.7 Å². The quantitative estimate of drug-likeness (QED) is 0.366. The van der Waals surface area contributed by atoms with Crippen LogP contribution in [0, 0.1) is 17.1 Å². The van der Waals surface area contributed by atoms with Crippen LogP contribution < -0.4 is 15.4 Å². The molecule has 1 heterocycles. The molecule has 3 rings (SSSR count). The SMILES string of the molecule is COc1cc2ncc(C#N)c(Nc3ccc(F)c(Cl)c3)c2cc1NC(=O)/C=C/CN(C)OC. The first-order valence-corrected chi connectivity index (χ1v) is 10.1. The Bertz CT molecular complexity index is 1260. The molecular weight excluding hydrogens is 449 g/mol. The van der Waals surface area contributed by atoms with E-state index >= 15 is 0 Å². The number of anilines is 3. The van der Waals surface area contributed by atoms with E-state index in [1.54, 1.807) is 30.3 Å². The van der Waals surface area contributed by atoms with Crippen LogP contribution in [0.3, 0.4) is 0 Å². The minimum absolute atomic E-state index is 0.0580. The molecule has 1 amide bonds. The number of methoxy groups -OCH3 is 1. The first-order valence-electron chi connectivity index (χ1n) is 9.72. The number of amides is 1. The molecule has 3 aromatic rings. The van der Waals surface area contributed by atoms with Crippen molar-refractivity contribution in [2.45, 2.75) is 0 Å². The van der Waals surface area contributed by atoms with Crippen molar-refractivity contribution < 1.29 is 18.8 Å². The molecule has 33 heavy (non-hydrogen) atoms. The molecule has 2 N–H and O–H groups in total. The van der Waals surface area contributed by atoms with Crippen molar-refractivity contribution in [1.82, 2.24) is 10.0 Å². The molecule has 0 saturated heterocycles. The lowest BCUT2D eigenvalue weighted by molar-refractivity contribution is -0.112. The normalized spacial score (nSPS) is 11.1. The van der Waals surface area contributed by atoms with Crippen molar-refractivity contribution >= 4 is 45.5 Å². The van der Waals surface area contributed by atoms with Crippen molar-refractivity contribution in [2.24, 2.45) is 0 Å². The van der Waals surface area contributed by atoms with Gasteiger partial charge in [0.25, 0.3) is 0 Å². The average molecular weight is 470 g/mol. The number of carbonyl (C=O) groups excluding carboxylic acids is 1. The summed E-state index contributed by atoms with van der Waals surface area (Å²) < 4.78 is 19.0. The van der Waals surface area contributed by atoms with Gasteiger partial charge in [0.05, 0.1) is 41.7 Å². The van der Waals surface area contributed by atoms with Gasteiger partial charge in [0.15, 0.2) is 0 Å². The van der Waals surface area contributed by atoms with Gasteiger partial charge in [-0.3, -0.25) is 9.78 Å². The van der Waals surface area contributed by atoms with E-state index in [-0.39, 0.29) is 16.5 Å². The molecule has 0 spiro atoms. The van der Waals surface area contributed by atoms with Gasteiger partial charge in [-0.25, -0.2) is 4.39 Å². The Morgan fingerprint density at radius 3 is 2.79 bits per heavy atom. The Morgan fingerprint density at radius 2 is 2.12 bits per heavy atom. The van der Waals surface area contributed by atoms with E-state index < -0.39 is 5.82 Å². The monoisotopic (exact) mass is 469 g/mol. The zero-order valence-corrected chi connectivity index (χ0v) is 18.9. The number of halogens is 2. The summed E-state index contributed by atoms with van der Waals surface area (Å²) in [5.41, 5.74) is 2.08. The maximum absolute atomic E-state index is 13.6. The summed E-state index contributed by atoms with van der Waals surface area (Å²) in [7, 11) is 4.74. The Labute approximate surface area is 195 Å². The minimum Gasteiger partial charge on any atom is -0.494 e. The summed E-state index contributed by atoms with van der Waals surface area (Å²) >= 11 is 5.89. The number of carbonyl (C=O) groups is 1. The van der Waals surface area contributed by atoms with Gasteiger partial charge in [-0.1, -0.05) is 17.7 Å². The Balaban J connectivity index is 2.01. The highest BCUT2D eigenvalue weighted by Gasteiger charge is 2.15. The zero-order chi connectivity index (χ0) is 24.0. The molecular formula is C23H21ClFN5O3. The second-order valence-electron chi connectivity index (χ2n) is 6.87. The van der Waals surface area contributed by atoms with Crippen LogP contribution in [-0.4, -0.2) is 43.8 Å². The lowest BCUT2D eigenvalue weighted by Crippen LogP contribution is -2.17. The lowest BCUT2D eigenvalue weighted by atomic mass is 10.1. The first kappa shape index (κ1) is 23.9. The number of pyridine rings is 1. The maximum Gasteiger partial charge on any atom is 0.248 e. The zero-order valence-electron chi connectivity index (χ0n) is 18.1. The minimum atomic E-state index is -0.554. The summed E-state index contributed by atoms with van der Waals surface area (Å²) in [6, 6.07) is 9.54. The van der Waals surface area contributed by atoms with Crippen molar-refractivity contribution in [2.75, 3.05) is 38.4 Å². The third kappa shape index (κ3) is 5.75. The second-order valence-corrected chi connectivity index (χ2v) is 7.27. The van der Waals surface area contributed by atoms with Crippen LogP contribution in [0.2, 0.25) is 5.02 Å². The molecule has 170 valence electrons. The number of nitriles is 1. The number of hydrogen-bond acceptors (Lipinski definition) is 7. The molecule has 8 nitrogen and oxygen atoms in total. The summed E-state index contributed by atoms with van der Waals surface area (Å²) in [6.07, 6.45) is 4.44. The Morgan fingerprint density at radius 1 is 1.33 bits per heavy atom. The highest BCUT2D eigenvalue weighted by Crippen LogP contribution is 2.36. The largest absolute Gasteiger partial charge is 0.494 e. The van der Waals surface area contributed by atoms with E-state index in [1.165, 1.54) is 44.7 Å². The summed E-state index contributed by atoms with van der Waals surface area (Å²) in [5.74, 6) is -0.533. The van der Waals surface area contributed by atoms with Crippen LogP contribution in [0.5, 0.6) is 5.75 Å². The van der Waals surface area contributed by atoms with Gasteiger partial charge in [0.1, 0.15) is 17.6 Å². The van der Waals surface area contributed by atoms with E-state index in [0.29, 0.717) is 40.3 Å². The highest BCUT2D eigenvalue weighted by molar-refractivity contribution is 6.31. The summed E-state index contributed by atoms with van der Waals surface area (Å²) in [6.45, 7) is 0.419. The fourth-order valence-corrected chi connectivity index (χ4v) is 3.16. The molecule has 0 aliphatic heterocycles. The van der Waals surface area contributed by atoms with Crippen molar-refractivity contribution in [1.29, 1.82) is 5.26 Å². The van der Waals surface area contributed by atoms with Gasteiger partial charge in [-0.15, -0.1) is 0 Å². The third-order valence-corrected chi connectivity index (χ3v) is 4.99. The van der Waals surface area contributed by atoms with Crippen molar-refractivity contribution in [3.8, 4) is 11.8 Å². The lowest BCUT2D eigenvalue weighted by Gasteiger charge is -2.15. The van der Waals surface area contributed by atoms with Gasteiger partial charge in [0.2, 0.25) is 5.91 Å². The number of hydrogen-bond donors (Lipinski definition) is 2. The van der Waals surface area contributed by atoms with E-state index in [9.17, 15) is 14.4 Å². The fourth-order valence-electron chi connectivity index (χ4n) is 2.98. The molecule has 0 unspecified atom stereocenters. The van der Waals surface area contributed by atoms with Crippen LogP contribution in [-0.2, 0) is 9.63 Å². The van der Waals surface area contributed by atoms with E-state index in [1.807, 2.05) is 0 Å². The Hall–Kier alpha value is -3.71. The van der Waals surface area contributed by atoms with Gasteiger partial charge >= 0.3 is 0 Å². The number of likely N-dealkylation sites (N-methyl/N-ethyl adjacent to an activating group) is 1. The van der Waals surface area contributed by atoms with E-state index in [4.69, 9.17) is 21.2 Å². The number of ether oxygens (including phenoxy) is 1. The molecule has 0 radical (unpaired) electrons. The molecule has 0 fully saturated rings. The van der Waals surface area contributed by atoms with Crippen LogP contribution in [0.15, 0.2) is 48.7 Å². The van der Waals surface area contributed by atoms with Crippen molar-refractivity contribution in [3.63, 3.8) is 0 Å². The van der Waals surface area contributed by atoms with Gasteiger partial charge in [-0.05, 0) is 24.3 Å². The second kappa shape index (κ2) is 10.7. The maximum atomic E-state index is 13.6. The topological polar surface area (TPSA) is 99.5 Å². The number of nitrogens with one attached hydrogen (secondary N) is 2. The Kier molecular flexibility index (Phi) is 7.79. The van der Waals surface area contributed by atoms with Crippen LogP contribution >= 0.6 is 11.6 Å². The summed E-state index contributed by atoms with van der Waals surface area (Å²) in [5, 5.41) is 17.5. The molecule has 0 aliphatic rings. The molecule has 0 atom stereocenters. The number of fused-ring (bicyclic) bond motifs is 1.